The van der Waals surface area contributed by atoms with Crippen LogP contribution in [0.15, 0.2) is 42.5 Å². The van der Waals surface area contributed by atoms with E-state index in [-0.39, 0.29) is 17.4 Å². The maximum atomic E-state index is 14.4. The summed E-state index contributed by atoms with van der Waals surface area (Å²) >= 11 is 0. The zero-order chi connectivity index (χ0) is 17.0. The number of halogens is 2. The average molecular weight is 333 g/mol. The molecule has 3 rings (SSSR count). The van der Waals surface area contributed by atoms with Crippen LogP contribution in [0.5, 0.6) is 5.75 Å². The van der Waals surface area contributed by atoms with Crippen molar-refractivity contribution in [3.63, 3.8) is 0 Å². The van der Waals surface area contributed by atoms with Crippen molar-refractivity contribution in [1.82, 2.24) is 5.32 Å². The number of benzene rings is 2. The fourth-order valence-corrected chi connectivity index (χ4v) is 3.19. The Kier molecular flexibility index (Phi) is 5.11. The Hall–Kier alpha value is -1.98. The Morgan fingerprint density at radius 3 is 2.58 bits per heavy atom. The van der Waals surface area contributed by atoms with Gasteiger partial charge in [0.2, 0.25) is 0 Å². The molecular weight excluding hydrogens is 312 g/mol. The SMILES string of the molecule is COc1cccc(CNC2(c3cccc(F)c3)CCOCC2)c1F. The maximum Gasteiger partial charge on any atom is 0.169 e. The largest absolute Gasteiger partial charge is 0.494 e. The number of hydrogen-bond acceptors (Lipinski definition) is 3. The Bertz CT molecular complexity index is 700. The minimum absolute atomic E-state index is 0.223. The zero-order valence-corrected chi connectivity index (χ0v) is 13.6. The van der Waals surface area contributed by atoms with Gasteiger partial charge >= 0.3 is 0 Å². The molecule has 128 valence electrons. The molecule has 0 radical (unpaired) electrons. The fraction of sp³-hybridized carbons (Fsp3) is 0.368. The first-order valence-corrected chi connectivity index (χ1v) is 8.05. The molecule has 0 bridgehead atoms. The first kappa shape index (κ1) is 16.9. The lowest BCUT2D eigenvalue weighted by atomic mass is 9.82. The van der Waals surface area contributed by atoms with E-state index < -0.39 is 5.54 Å². The second-order valence-corrected chi connectivity index (χ2v) is 5.99. The van der Waals surface area contributed by atoms with E-state index in [1.165, 1.54) is 13.2 Å². The van der Waals surface area contributed by atoms with Gasteiger partial charge in [0.25, 0.3) is 0 Å². The van der Waals surface area contributed by atoms with E-state index in [0.717, 1.165) is 5.56 Å². The lowest BCUT2D eigenvalue weighted by Crippen LogP contribution is -2.46. The molecule has 2 aromatic rings. The molecule has 0 saturated carbocycles. The molecule has 0 aromatic heterocycles. The van der Waals surface area contributed by atoms with Gasteiger partial charge in [-0.3, -0.25) is 0 Å². The Morgan fingerprint density at radius 2 is 1.88 bits per heavy atom. The number of methoxy groups -OCH3 is 1. The lowest BCUT2D eigenvalue weighted by molar-refractivity contribution is 0.0355. The molecule has 3 nitrogen and oxygen atoms in total. The minimum atomic E-state index is -0.421. The highest BCUT2D eigenvalue weighted by Gasteiger charge is 2.34. The van der Waals surface area contributed by atoms with E-state index in [0.29, 0.717) is 38.2 Å². The number of nitrogens with one attached hydrogen (secondary N) is 1. The van der Waals surface area contributed by atoms with Crippen molar-refractivity contribution in [3.05, 3.63) is 65.2 Å². The van der Waals surface area contributed by atoms with Crippen molar-refractivity contribution >= 4 is 0 Å². The lowest BCUT2D eigenvalue weighted by Gasteiger charge is -2.39. The summed E-state index contributed by atoms with van der Waals surface area (Å²) < 4.78 is 38.5. The third-order valence-corrected chi connectivity index (χ3v) is 4.60. The van der Waals surface area contributed by atoms with Gasteiger partial charge in [-0.25, -0.2) is 8.78 Å². The Morgan fingerprint density at radius 1 is 1.12 bits per heavy atom. The molecule has 1 N–H and O–H groups in total. The van der Waals surface area contributed by atoms with Gasteiger partial charge in [-0.1, -0.05) is 24.3 Å². The number of ether oxygens (including phenoxy) is 2. The predicted octanol–water partition coefficient (Wildman–Crippen LogP) is 3.77. The molecule has 5 heteroatoms. The van der Waals surface area contributed by atoms with Crippen molar-refractivity contribution < 1.29 is 18.3 Å². The first-order chi connectivity index (χ1) is 11.6. The van der Waals surface area contributed by atoms with Crippen LogP contribution < -0.4 is 10.1 Å². The number of rotatable bonds is 5. The summed E-state index contributed by atoms with van der Waals surface area (Å²) in [5.41, 5.74) is 0.973. The molecule has 0 amide bonds. The molecule has 1 aliphatic heterocycles. The van der Waals surface area contributed by atoms with Crippen molar-refractivity contribution in [2.45, 2.75) is 24.9 Å². The van der Waals surface area contributed by atoms with Crippen molar-refractivity contribution in [2.75, 3.05) is 20.3 Å². The van der Waals surface area contributed by atoms with E-state index >= 15 is 0 Å². The van der Waals surface area contributed by atoms with Crippen LogP contribution in [0.25, 0.3) is 0 Å². The number of hydrogen-bond donors (Lipinski definition) is 1. The van der Waals surface area contributed by atoms with Crippen LogP contribution in [0, 0.1) is 11.6 Å². The summed E-state index contributed by atoms with van der Waals surface area (Å²) in [6.45, 7) is 1.51. The van der Waals surface area contributed by atoms with Gasteiger partial charge in [0, 0.05) is 30.9 Å². The quantitative estimate of drug-likeness (QED) is 0.903. The fourth-order valence-electron chi connectivity index (χ4n) is 3.19. The molecule has 0 atom stereocenters. The van der Waals surface area contributed by atoms with Crippen LogP contribution in [-0.2, 0) is 16.8 Å². The monoisotopic (exact) mass is 333 g/mol. The van der Waals surface area contributed by atoms with Gasteiger partial charge in [-0.15, -0.1) is 0 Å². The smallest absolute Gasteiger partial charge is 0.169 e. The molecule has 1 heterocycles. The molecule has 1 aliphatic rings. The van der Waals surface area contributed by atoms with Crippen molar-refractivity contribution in [1.29, 1.82) is 0 Å². The van der Waals surface area contributed by atoms with Crippen LogP contribution in [0.1, 0.15) is 24.0 Å². The summed E-state index contributed by atoms with van der Waals surface area (Å²) in [4.78, 5) is 0. The molecule has 1 fully saturated rings. The van der Waals surface area contributed by atoms with Crippen LogP contribution in [0.3, 0.4) is 0 Å². The van der Waals surface area contributed by atoms with E-state index in [1.807, 2.05) is 6.07 Å². The highest BCUT2D eigenvalue weighted by Crippen LogP contribution is 2.33. The third kappa shape index (κ3) is 3.42. The summed E-state index contributed by atoms with van der Waals surface area (Å²) in [6.07, 6.45) is 1.42. The second-order valence-electron chi connectivity index (χ2n) is 5.99. The molecule has 0 spiro atoms. The minimum Gasteiger partial charge on any atom is -0.494 e. The average Bonchev–Trinajstić information content (AvgIpc) is 2.62. The molecule has 2 aromatic carbocycles. The highest BCUT2D eigenvalue weighted by atomic mass is 19.1. The Balaban J connectivity index is 1.86. The standard InChI is InChI=1S/C19H21F2NO2/c1-23-17-7-2-4-14(18(17)21)13-22-19(8-10-24-11-9-19)15-5-3-6-16(20)12-15/h2-7,12,22H,8-11,13H2,1H3. The zero-order valence-electron chi connectivity index (χ0n) is 13.6. The molecule has 24 heavy (non-hydrogen) atoms. The van der Waals surface area contributed by atoms with Gasteiger partial charge in [-0.05, 0) is 36.6 Å². The topological polar surface area (TPSA) is 30.5 Å². The summed E-state index contributed by atoms with van der Waals surface area (Å²) in [7, 11) is 1.45. The predicted molar refractivity (Wildman–Crippen MR) is 87.9 cm³/mol. The summed E-state index contributed by atoms with van der Waals surface area (Å²) in [5.74, 6) is -0.414. The van der Waals surface area contributed by atoms with Gasteiger partial charge in [0.15, 0.2) is 11.6 Å². The van der Waals surface area contributed by atoms with Crippen LogP contribution in [0.4, 0.5) is 8.78 Å². The summed E-state index contributed by atoms with van der Waals surface area (Å²) in [6, 6.07) is 11.7. The Labute approximate surface area is 140 Å². The van der Waals surface area contributed by atoms with Crippen LogP contribution >= 0.6 is 0 Å². The van der Waals surface area contributed by atoms with Gasteiger partial charge in [-0.2, -0.15) is 0 Å². The third-order valence-electron chi connectivity index (χ3n) is 4.60. The van der Waals surface area contributed by atoms with Crippen molar-refractivity contribution in [3.8, 4) is 5.75 Å². The molecule has 0 aliphatic carbocycles. The van der Waals surface area contributed by atoms with Crippen LogP contribution in [0.2, 0.25) is 0 Å². The van der Waals surface area contributed by atoms with Gasteiger partial charge in [0.05, 0.1) is 7.11 Å². The first-order valence-electron chi connectivity index (χ1n) is 8.05. The van der Waals surface area contributed by atoms with E-state index in [1.54, 1.807) is 30.3 Å². The van der Waals surface area contributed by atoms with Gasteiger partial charge < -0.3 is 14.8 Å². The molecule has 1 saturated heterocycles. The molecule has 0 unspecified atom stereocenters. The van der Waals surface area contributed by atoms with E-state index in [4.69, 9.17) is 9.47 Å². The van der Waals surface area contributed by atoms with E-state index in [9.17, 15) is 8.78 Å². The summed E-state index contributed by atoms with van der Waals surface area (Å²) in [5, 5.41) is 3.44. The van der Waals surface area contributed by atoms with E-state index in [2.05, 4.69) is 5.32 Å². The molecular formula is C19H21F2NO2. The normalized spacial score (nSPS) is 16.8. The highest BCUT2D eigenvalue weighted by molar-refractivity contribution is 5.32. The van der Waals surface area contributed by atoms with Crippen molar-refractivity contribution in [2.24, 2.45) is 0 Å². The second kappa shape index (κ2) is 7.28. The van der Waals surface area contributed by atoms with Gasteiger partial charge in [0.1, 0.15) is 5.82 Å². The maximum absolute atomic E-state index is 14.4. The van der Waals surface area contributed by atoms with Crippen LogP contribution in [-0.4, -0.2) is 20.3 Å².